The number of morpholine rings is 1. The van der Waals surface area contributed by atoms with Crippen LogP contribution in [0.1, 0.15) is 22.6 Å². The first-order valence-electron chi connectivity index (χ1n) is 8.17. The van der Waals surface area contributed by atoms with Gasteiger partial charge >= 0.3 is 0 Å². The van der Waals surface area contributed by atoms with Crippen molar-refractivity contribution in [1.82, 2.24) is 15.0 Å². The Labute approximate surface area is 149 Å². The van der Waals surface area contributed by atoms with E-state index in [1.807, 2.05) is 11.8 Å². The van der Waals surface area contributed by atoms with Gasteiger partial charge in [0.05, 0.1) is 13.2 Å². The van der Waals surface area contributed by atoms with Gasteiger partial charge in [-0.05, 0) is 20.3 Å². The van der Waals surface area contributed by atoms with Crippen LogP contribution >= 0.6 is 11.3 Å². The van der Waals surface area contributed by atoms with Gasteiger partial charge in [0, 0.05) is 41.8 Å². The number of nitrogens with zero attached hydrogens (tertiary/aromatic N) is 3. The van der Waals surface area contributed by atoms with Crippen LogP contribution in [0.2, 0.25) is 0 Å². The van der Waals surface area contributed by atoms with Gasteiger partial charge in [-0.25, -0.2) is 9.97 Å². The fraction of sp³-hybridized carbons (Fsp3) is 0.500. The van der Waals surface area contributed by atoms with E-state index in [4.69, 9.17) is 4.74 Å². The van der Waals surface area contributed by atoms with Crippen LogP contribution in [-0.2, 0) is 16.0 Å². The summed E-state index contributed by atoms with van der Waals surface area (Å²) in [6.07, 6.45) is 2.26. The van der Waals surface area contributed by atoms with Crippen molar-refractivity contribution in [3.8, 4) is 0 Å². The van der Waals surface area contributed by atoms with Gasteiger partial charge < -0.3 is 15.0 Å². The van der Waals surface area contributed by atoms with Crippen molar-refractivity contribution < 1.29 is 9.53 Å². The largest absolute Gasteiger partial charge is 0.378 e. The maximum absolute atomic E-state index is 12.4. The number of aromatic nitrogens is 3. The minimum Gasteiger partial charge on any atom is -0.378 e. The first-order chi connectivity index (χ1) is 12.0. The predicted octanol–water partition coefficient (Wildman–Crippen LogP) is 1.25. The molecule has 0 atom stereocenters. The highest BCUT2D eigenvalue weighted by atomic mass is 32.1. The Bertz CT molecular complexity index is 810. The van der Waals surface area contributed by atoms with E-state index in [-0.39, 0.29) is 17.9 Å². The van der Waals surface area contributed by atoms with Crippen LogP contribution in [0.15, 0.2) is 11.0 Å². The quantitative estimate of drug-likeness (QED) is 0.829. The zero-order chi connectivity index (χ0) is 17.8. The number of carbonyl (C=O) groups excluding carboxylic acids is 1. The smallest absolute Gasteiger partial charge is 0.255 e. The van der Waals surface area contributed by atoms with Gasteiger partial charge in [-0.15, -0.1) is 11.3 Å². The number of ether oxygens (including phenoxy) is 1. The molecule has 1 aliphatic heterocycles. The molecule has 1 fully saturated rings. The third-order valence-corrected chi connectivity index (χ3v) is 4.82. The number of H-pyrrole nitrogens is 1. The lowest BCUT2D eigenvalue weighted by Crippen LogP contribution is -2.38. The number of rotatable bonds is 5. The highest BCUT2D eigenvalue weighted by Crippen LogP contribution is 2.17. The van der Waals surface area contributed by atoms with Crippen molar-refractivity contribution in [2.45, 2.75) is 26.7 Å². The lowest BCUT2D eigenvalue weighted by atomic mass is 10.1. The molecular formula is C16H21N5O3S. The number of nitrogens with one attached hydrogen (secondary N) is 2. The van der Waals surface area contributed by atoms with E-state index in [1.54, 1.807) is 13.1 Å². The lowest BCUT2D eigenvalue weighted by Gasteiger charge is -2.27. The van der Waals surface area contributed by atoms with Crippen LogP contribution in [0.4, 0.5) is 11.1 Å². The van der Waals surface area contributed by atoms with E-state index in [0.29, 0.717) is 55.1 Å². The normalized spacial score (nSPS) is 14.6. The van der Waals surface area contributed by atoms with Gasteiger partial charge in [0.1, 0.15) is 0 Å². The SMILES string of the molecule is Cc1cnc(NC(=O)CCc2c(C)nc(N3CCOCC3)[nH]c2=O)s1. The standard InChI is InChI=1S/C16H21N5O3S/c1-10-9-17-16(25-10)19-13(22)4-3-12-11(2)18-15(20-14(12)23)21-5-7-24-8-6-21/h9H,3-8H2,1-2H3,(H,17,19,22)(H,18,20,23). The third kappa shape index (κ3) is 4.43. The minimum atomic E-state index is -0.188. The van der Waals surface area contributed by atoms with E-state index in [2.05, 4.69) is 20.3 Å². The second kappa shape index (κ2) is 7.75. The van der Waals surface area contributed by atoms with E-state index >= 15 is 0 Å². The van der Waals surface area contributed by atoms with Crippen molar-refractivity contribution >= 4 is 28.3 Å². The molecule has 2 aromatic rings. The van der Waals surface area contributed by atoms with Gasteiger partial charge in [-0.3, -0.25) is 14.6 Å². The molecule has 25 heavy (non-hydrogen) atoms. The van der Waals surface area contributed by atoms with E-state index in [1.165, 1.54) is 11.3 Å². The summed E-state index contributed by atoms with van der Waals surface area (Å²) in [5, 5.41) is 3.33. The maximum atomic E-state index is 12.4. The molecule has 0 bridgehead atoms. The number of carbonyl (C=O) groups is 1. The van der Waals surface area contributed by atoms with Gasteiger partial charge in [0.25, 0.3) is 5.56 Å². The molecule has 0 radical (unpaired) electrons. The first kappa shape index (κ1) is 17.6. The predicted molar refractivity (Wildman–Crippen MR) is 96.4 cm³/mol. The monoisotopic (exact) mass is 363 g/mol. The number of aromatic amines is 1. The fourth-order valence-electron chi connectivity index (χ4n) is 2.65. The summed E-state index contributed by atoms with van der Waals surface area (Å²) in [6, 6.07) is 0. The summed E-state index contributed by atoms with van der Waals surface area (Å²) in [6.45, 7) is 6.39. The first-order valence-corrected chi connectivity index (χ1v) is 8.99. The van der Waals surface area contributed by atoms with E-state index in [0.717, 1.165) is 4.88 Å². The summed E-state index contributed by atoms with van der Waals surface area (Å²) < 4.78 is 5.31. The van der Waals surface area contributed by atoms with Gasteiger partial charge in [0.2, 0.25) is 11.9 Å². The molecular weight excluding hydrogens is 342 g/mol. The molecule has 8 nitrogen and oxygen atoms in total. The Kier molecular flexibility index (Phi) is 5.44. The second-order valence-electron chi connectivity index (χ2n) is 5.88. The van der Waals surface area contributed by atoms with Gasteiger partial charge in [-0.2, -0.15) is 0 Å². The Balaban J connectivity index is 1.64. The number of hydrogen-bond acceptors (Lipinski definition) is 7. The van der Waals surface area contributed by atoms with Crippen molar-refractivity contribution in [1.29, 1.82) is 0 Å². The topological polar surface area (TPSA) is 100 Å². The minimum absolute atomic E-state index is 0.162. The summed E-state index contributed by atoms with van der Waals surface area (Å²) >= 11 is 1.42. The summed E-state index contributed by atoms with van der Waals surface area (Å²) in [5.41, 5.74) is 1.01. The molecule has 2 N–H and O–H groups in total. The summed E-state index contributed by atoms with van der Waals surface area (Å²) in [7, 11) is 0. The zero-order valence-electron chi connectivity index (χ0n) is 14.3. The van der Waals surface area contributed by atoms with Gasteiger partial charge in [0.15, 0.2) is 5.13 Å². The van der Waals surface area contributed by atoms with Crippen LogP contribution in [0, 0.1) is 13.8 Å². The molecule has 0 spiro atoms. The molecule has 0 unspecified atom stereocenters. The Hall–Kier alpha value is -2.26. The average Bonchev–Trinajstić information content (AvgIpc) is 2.99. The number of amides is 1. The number of thiazole rings is 1. The number of hydrogen-bond donors (Lipinski definition) is 2. The fourth-order valence-corrected chi connectivity index (χ4v) is 3.33. The van der Waals surface area contributed by atoms with Crippen LogP contribution in [0.25, 0.3) is 0 Å². The Morgan fingerprint density at radius 3 is 2.80 bits per heavy atom. The summed E-state index contributed by atoms with van der Waals surface area (Å²) in [5.74, 6) is 0.405. The molecule has 0 aromatic carbocycles. The van der Waals surface area contributed by atoms with Crippen LogP contribution in [-0.4, -0.2) is 47.2 Å². The molecule has 1 amide bonds. The van der Waals surface area contributed by atoms with Crippen molar-refractivity contribution in [3.05, 3.63) is 32.7 Å². The average molecular weight is 363 g/mol. The molecule has 3 rings (SSSR count). The molecule has 134 valence electrons. The molecule has 0 aliphatic carbocycles. The second-order valence-corrected chi connectivity index (χ2v) is 7.11. The molecule has 9 heteroatoms. The van der Waals surface area contributed by atoms with Crippen molar-refractivity contribution in [2.24, 2.45) is 0 Å². The van der Waals surface area contributed by atoms with Gasteiger partial charge in [-0.1, -0.05) is 0 Å². The van der Waals surface area contributed by atoms with E-state index in [9.17, 15) is 9.59 Å². The highest BCUT2D eigenvalue weighted by molar-refractivity contribution is 7.15. The molecule has 1 aliphatic rings. The molecule has 3 heterocycles. The number of anilines is 2. The van der Waals surface area contributed by atoms with E-state index < -0.39 is 0 Å². The zero-order valence-corrected chi connectivity index (χ0v) is 15.1. The molecule has 2 aromatic heterocycles. The Morgan fingerprint density at radius 1 is 1.40 bits per heavy atom. The van der Waals surface area contributed by atoms with Crippen molar-refractivity contribution in [3.63, 3.8) is 0 Å². The molecule has 1 saturated heterocycles. The molecule has 0 saturated carbocycles. The highest BCUT2D eigenvalue weighted by Gasteiger charge is 2.17. The third-order valence-electron chi connectivity index (χ3n) is 3.99. The van der Waals surface area contributed by atoms with Crippen LogP contribution < -0.4 is 15.8 Å². The lowest BCUT2D eigenvalue weighted by molar-refractivity contribution is -0.116. The Morgan fingerprint density at radius 2 is 2.16 bits per heavy atom. The number of aryl methyl sites for hydroxylation is 2. The van der Waals surface area contributed by atoms with Crippen LogP contribution in [0.3, 0.4) is 0 Å². The summed E-state index contributed by atoms with van der Waals surface area (Å²) in [4.78, 5) is 38.9. The van der Waals surface area contributed by atoms with Crippen LogP contribution in [0.5, 0.6) is 0 Å². The van der Waals surface area contributed by atoms with Crippen molar-refractivity contribution in [2.75, 3.05) is 36.5 Å². The maximum Gasteiger partial charge on any atom is 0.255 e.